The molecule has 4 nitrogen and oxygen atoms in total. The second-order valence-electron chi connectivity index (χ2n) is 4.71. The third kappa shape index (κ3) is 3.94. The van der Waals surface area contributed by atoms with Gasteiger partial charge >= 0.3 is 6.18 Å². The summed E-state index contributed by atoms with van der Waals surface area (Å²) in [7, 11) is 0. The first-order chi connectivity index (χ1) is 8.99. The second-order valence-corrected chi connectivity index (χ2v) is 4.71. The minimum absolute atomic E-state index is 0.0513. The molecule has 2 atom stereocenters. The van der Waals surface area contributed by atoms with Crippen LogP contribution in [0.5, 0.6) is 0 Å². The zero-order chi connectivity index (χ0) is 13.9. The van der Waals surface area contributed by atoms with Gasteiger partial charge in [-0.1, -0.05) is 6.92 Å². The average Bonchev–Trinajstić information content (AvgIpc) is 2.95. The molecule has 2 rings (SSSR count). The maximum atomic E-state index is 12.4. The lowest BCUT2D eigenvalue weighted by molar-refractivity contribution is -0.137. The van der Waals surface area contributed by atoms with Crippen LogP contribution in [0.3, 0.4) is 0 Å². The van der Waals surface area contributed by atoms with Crippen LogP contribution >= 0.6 is 0 Å². The molecule has 1 aromatic heterocycles. The van der Waals surface area contributed by atoms with Gasteiger partial charge in [0.2, 0.25) is 0 Å². The highest BCUT2D eigenvalue weighted by Gasteiger charge is 2.33. The number of likely N-dealkylation sites (N-methyl/N-ethyl adjacent to an activating group) is 1. The lowest BCUT2D eigenvalue weighted by Gasteiger charge is -2.14. The van der Waals surface area contributed by atoms with Gasteiger partial charge in [-0.25, -0.2) is 0 Å². The van der Waals surface area contributed by atoms with E-state index in [4.69, 9.17) is 4.74 Å². The molecule has 1 aromatic rings. The highest BCUT2D eigenvalue weighted by Crippen LogP contribution is 2.29. The molecule has 19 heavy (non-hydrogen) atoms. The maximum Gasteiger partial charge on any atom is 0.419 e. The number of alkyl halides is 3. The monoisotopic (exact) mass is 277 g/mol. The van der Waals surface area contributed by atoms with E-state index < -0.39 is 11.7 Å². The van der Waals surface area contributed by atoms with Gasteiger partial charge in [-0.15, -0.1) is 0 Å². The second kappa shape index (κ2) is 5.92. The minimum Gasteiger partial charge on any atom is -0.372 e. The molecule has 2 heterocycles. The third-order valence-corrected chi connectivity index (χ3v) is 3.17. The van der Waals surface area contributed by atoms with E-state index in [9.17, 15) is 13.2 Å². The first-order valence-electron chi connectivity index (χ1n) is 6.45. The van der Waals surface area contributed by atoms with Crippen molar-refractivity contribution in [2.45, 2.75) is 44.7 Å². The molecule has 2 unspecified atom stereocenters. The van der Waals surface area contributed by atoms with E-state index >= 15 is 0 Å². The summed E-state index contributed by atoms with van der Waals surface area (Å²) < 4.78 is 44.3. The van der Waals surface area contributed by atoms with Crippen molar-refractivity contribution in [2.75, 3.05) is 13.1 Å². The number of halogens is 3. The Labute approximate surface area is 109 Å². The molecule has 0 saturated carbocycles. The lowest BCUT2D eigenvalue weighted by atomic mass is 10.2. The molecule has 0 aliphatic carbocycles. The number of hydrogen-bond donors (Lipinski definition) is 1. The Morgan fingerprint density at radius 3 is 2.79 bits per heavy atom. The van der Waals surface area contributed by atoms with Crippen LogP contribution in [0, 0.1) is 0 Å². The van der Waals surface area contributed by atoms with Gasteiger partial charge in [-0.05, 0) is 19.4 Å². The lowest BCUT2D eigenvalue weighted by Crippen LogP contribution is -2.27. The summed E-state index contributed by atoms with van der Waals surface area (Å²) in [5.41, 5.74) is -0.713. The summed E-state index contributed by atoms with van der Waals surface area (Å²) in [4.78, 5) is 0. The highest BCUT2D eigenvalue weighted by atomic mass is 19.4. The molecule has 1 N–H and O–H groups in total. The number of rotatable bonds is 5. The Bertz CT molecular complexity index is 405. The summed E-state index contributed by atoms with van der Waals surface area (Å²) in [6.07, 6.45) is -0.552. The van der Waals surface area contributed by atoms with E-state index in [0.29, 0.717) is 6.54 Å². The summed E-state index contributed by atoms with van der Waals surface area (Å²) in [6, 6.07) is 0. The SMILES string of the molecule is CCNCC1CCC(Cn2cc(C(F)(F)F)cn2)O1. The van der Waals surface area contributed by atoms with Gasteiger partial charge in [0.05, 0.1) is 30.5 Å². The first kappa shape index (κ1) is 14.3. The predicted molar refractivity (Wildman–Crippen MR) is 63.7 cm³/mol. The van der Waals surface area contributed by atoms with E-state index in [1.807, 2.05) is 6.92 Å². The number of aromatic nitrogens is 2. The Morgan fingerprint density at radius 1 is 1.42 bits per heavy atom. The Balaban J connectivity index is 1.84. The molecule has 1 fully saturated rings. The molecule has 0 amide bonds. The summed E-state index contributed by atoms with van der Waals surface area (Å²) in [5, 5.41) is 6.94. The molecule has 1 aliphatic heterocycles. The van der Waals surface area contributed by atoms with Crippen molar-refractivity contribution in [3.8, 4) is 0 Å². The quantitative estimate of drug-likeness (QED) is 0.895. The van der Waals surface area contributed by atoms with Crippen LogP contribution in [0.2, 0.25) is 0 Å². The Hall–Kier alpha value is -1.08. The molecular weight excluding hydrogens is 259 g/mol. The van der Waals surface area contributed by atoms with Crippen molar-refractivity contribution in [2.24, 2.45) is 0 Å². The van der Waals surface area contributed by atoms with Crippen molar-refractivity contribution in [3.63, 3.8) is 0 Å². The largest absolute Gasteiger partial charge is 0.419 e. The highest BCUT2D eigenvalue weighted by molar-refractivity contribution is 5.08. The molecule has 0 spiro atoms. The number of ether oxygens (including phenoxy) is 1. The van der Waals surface area contributed by atoms with Gasteiger partial charge in [0.15, 0.2) is 0 Å². The summed E-state index contributed by atoms with van der Waals surface area (Å²) >= 11 is 0. The van der Waals surface area contributed by atoms with Crippen molar-refractivity contribution < 1.29 is 17.9 Å². The fraction of sp³-hybridized carbons (Fsp3) is 0.750. The van der Waals surface area contributed by atoms with Crippen LogP contribution in [-0.2, 0) is 17.5 Å². The van der Waals surface area contributed by atoms with Crippen molar-refractivity contribution >= 4 is 0 Å². The van der Waals surface area contributed by atoms with Gasteiger partial charge in [0.25, 0.3) is 0 Å². The maximum absolute atomic E-state index is 12.4. The van der Waals surface area contributed by atoms with Crippen LogP contribution < -0.4 is 5.32 Å². The van der Waals surface area contributed by atoms with Gasteiger partial charge in [-0.3, -0.25) is 4.68 Å². The van der Waals surface area contributed by atoms with E-state index in [1.165, 1.54) is 4.68 Å². The summed E-state index contributed by atoms with van der Waals surface area (Å²) in [6.45, 7) is 4.08. The van der Waals surface area contributed by atoms with Crippen LogP contribution in [0.15, 0.2) is 12.4 Å². The van der Waals surface area contributed by atoms with Crippen LogP contribution in [-0.4, -0.2) is 35.1 Å². The molecule has 0 bridgehead atoms. The van der Waals surface area contributed by atoms with E-state index in [1.54, 1.807) is 0 Å². The molecule has 1 saturated heterocycles. The van der Waals surface area contributed by atoms with E-state index in [2.05, 4.69) is 10.4 Å². The normalized spacial score (nSPS) is 24.0. The van der Waals surface area contributed by atoms with Crippen LogP contribution in [0.1, 0.15) is 25.3 Å². The van der Waals surface area contributed by atoms with Crippen molar-refractivity contribution in [1.29, 1.82) is 0 Å². The zero-order valence-electron chi connectivity index (χ0n) is 10.8. The van der Waals surface area contributed by atoms with Crippen molar-refractivity contribution in [1.82, 2.24) is 15.1 Å². The molecule has 0 aromatic carbocycles. The molecule has 108 valence electrons. The molecular formula is C12H18F3N3O. The van der Waals surface area contributed by atoms with Gasteiger partial charge in [0.1, 0.15) is 0 Å². The van der Waals surface area contributed by atoms with Crippen LogP contribution in [0.25, 0.3) is 0 Å². The summed E-state index contributed by atoms with van der Waals surface area (Å²) in [5.74, 6) is 0. The standard InChI is InChI=1S/C12H18F3N3O/c1-2-16-6-10-3-4-11(19-10)8-18-7-9(5-17-18)12(13,14)15/h5,7,10-11,16H,2-4,6,8H2,1H3. The predicted octanol–water partition coefficient (Wildman–Crippen LogP) is 2.06. The number of nitrogens with zero attached hydrogens (tertiary/aromatic N) is 2. The van der Waals surface area contributed by atoms with E-state index in [-0.39, 0.29) is 12.2 Å². The fourth-order valence-corrected chi connectivity index (χ4v) is 2.19. The first-order valence-corrected chi connectivity index (χ1v) is 6.45. The van der Waals surface area contributed by atoms with Gasteiger partial charge in [-0.2, -0.15) is 18.3 Å². The Morgan fingerprint density at radius 2 is 2.16 bits per heavy atom. The number of nitrogens with one attached hydrogen (secondary N) is 1. The smallest absolute Gasteiger partial charge is 0.372 e. The topological polar surface area (TPSA) is 39.1 Å². The fourth-order valence-electron chi connectivity index (χ4n) is 2.19. The Kier molecular flexibility index (Phi) is 4.46. The van der Waals surface area contributed by atoms with Crippen LogP contribution in [0.4, 0.5) is 13.2 Å². The minimum atomic E-state index is -4.33. The zero-order valence-corrected chi connectivity index (χ0v) is 10.8. The van der Waals surface area contributed by atoms with Gasteiger partial charge < -0.3 is 10.1 Å². The third-order valence-electron chi connectivity index (χ3n) is 3.17. The number of hydrogen-bond acceptors (Lipinski definition) is 3. The average molecular weight is 277 g/mol. The molecule has 7 heteroatoms. The van der Waals surface area contributed by atoms with Crippen molar-refractivity contribution in [3.05, 3.63) is 18.0 Å². The van der Waals surface area contributed by atoms with Gasteiger partial charge in [0, 0.05) is 12.7 Å². The van der Waals surface area contributed by atoms with E-state index in [0.717, 1.165) is 38.3 Å². The molecule has 1 aliphatic rings. The molecule has 0 radical (unpaired) electrons.